The van der Waals surface area contributed by atoms with E-state index in [2.05, 4.69) is 36.6 Å². The predicted molar refractivity (Wildman–Crippen MR) is 101 cm³/mol. The van der Waals surface area contributed by atoms with Gasteiger partial charge in [-0.2, -0.15) is 0 Å². The number of hydrogen-bond donors (Lipinski definition) is 1. The largest absolute Gasteiger partial charge is 1.00 e. The number of halogens is 2. The topological polar surface area (TPSA) is 86.3 Å². The van der Waals surface area contributed by atoms with Crippen molar-refractivity contribution in [2.45, 2.75) is 24.8 Å². The maximum absolute atomic E-state index is 12.4. The van der Waals surface area contributed by atoms with Gasteiger partial charge in [0, 0.05) is 8.95 Å². The van der Waals surface area contributed by atoms with E-state index in [0.717, 1.165) is 20.1 Å². The van der Waals surface area contributed by atoms with Crippen molar-refractivity contribution in [1.29, 1.82) is 0 Å². The Morgan fingerprint density at radius 3 is 2.00 bits per heavy atom. The van der Waals surface area contributed by atoms with Crippen molar-refractivity contribution in [3.8, 4) is 11.1 Å². The first-order chi connectivity index (χ1) is 11.6. The molecule has 2 rings (SSSR count). The predicted octanol–water partition coefficient (Wildman–Crippen LogP) is -0.0646. The van der Waals surface area contributed by atoms with Crippen molar-refractivity contribution in [3.05, 3.63) is 51.4 Å². The van der Waals surface area contributed by atoms with Crippen molar-refractivity contribution in [1.82, 2.24) is 4.72 Å². The second-order valence-corrected chi connectivity index (χ2v) is 9.24. The average molecular weight is 513 g/mol. The zero-order valence-corrected chi connectivity index (χ0v) is 20.5. The molecule has 0 aromatic heterocycles. The van der Waals surface area contributed by atoms with Gasteiger partial charge in [-0.25, -0.2) is 13.1 Å². The summed E-state index contributed by atoms with van der Waals surface area (Å²) in [5.41, 5.74) is 1.76. The third-order valence-corrected chi connectivity index (χ3v) is 6.96. The van der Waals surface area contributed by atoms with E-state index in [1.807, 2.05) is 18.2 Å². The number of rotatable bonds is 6. The summed E-state index contributed by atoms with van der Waals surface area (Å²) in [6.07, 6.45) is 0. The normalized spacial score (nSPS) is 12.5. The summed E-state index contributed by atoms with van der Waals surface area (Å²) >= 11 is 6.83. The molecule has 0 amide bonds. The Labute approximate surface area is 192 Å². The molecule has 5 nitrogen and oxygen atoms in total. The fourth-order valence-corrected chi connectivity index (χ4v) is 4.15. The minimum Gasteiger partial charge on any atom is -0.548 e. The Morgan fingerprint density at radius 2 is 1.54 bits per heavy atom. The van der Waals surface area contributed by atoms with Gasteiger partial charge in [0.25, 0.3) is 0 Å². The molecule has 0 aliphatic heterocycles. The van der Waals surface area contributed by atoms with E-state index in [1.54, 1.807) is 26.0 Å². The summed E-state index contributed by atoms with van der Waals surface area (Å²) in [7, 11) is -3.95. The van der Waals surface area contributed by atoms with Crippen molar-refractivity contribution in [3.63, 3.8) is 0 Å². The van der Waals surface area contributed by atoms with Crippen molar-refractivity contribution >= 4 is 47.9 Å². The minimum atomic E-state index is -3.95. The second-order valence-electron chi connectivity index (χ2n) is 5.82. The van der Waals surface area contributed by atoms with Gasteiger partial charge in [-0.3, -0.25) is 0 Å². The molecular weight excluding hydrogens is 497 g/mol. The average Bonchev–Trinajstić information content (AvgIpc) is 2.55. The van der Waals surface area contributed by atoms with Crippen LogP contribution in [0.4, 0.5) is 0 Å². The molecule has 1 N–H and O–H groups in total. The van der Waals surface area contributed by atoms with Crippen LogP contribution in [0.2, 0.25) is 0 Å². The number of benzene rings is 2. The third-order valence-electron chi connectivity index (χ3n) is 3.62. The van der Waals surface area contributed by atoms with Gasteiger partial charge in [0.2, 0.25) is 10.0 Å². The summed E-state index contributed by atoms with van der Waals surface area (Å²) in [5.74, 6) is -1.88. The summed E-state index contributed by atoms with van der Waals surface area (Å²) in [5, 5.41) is 11.1. The number of nitrogens with one attached hydrogen (secondary N) is 1. The van der Waals surface area contributed by atoms with E-state index in [1.165, 1.54) is 12.1 Å². The first-order valence-electron chi connectivity index (χ1n) is 7.40. The van der Waals surface area contributed by atoms with Crippen LogP contribution >= 0.6 is 31.9 Å². The van der Waals surface area contributed by atoms with Crippen LogP contribution in [0, 0.1) is 5.92 Å². The van der Waals surface area contributed by atoms with E-state index in [-0.39, 0.29) is 34.5 Å². The Bertz CT molecular complexity index is 886. The summed E-state index contributed by atoms with van der Waals surface area (Å²) < 4.78 is 28.7. The van der Waals surface area contributed by atoms with Gasteiger partial charge >= 0.3 is 29.6 Å². The summed E-state index contributed by atoms with van der Waals surface area (Å²) in [6.45, 7) is 3.22. The SMILES string of the molecule is CC(C)[C@H](NS(=O)(=O)c1ccc(-c2ccc(Br)c(Br)c2)cc1)C(=O)[O-].[Na+]. The molecular formula is C17H16Br2NNaO4S. The van der Waals surface area contributed by atoms with Crippen LogP contribution < -0.4 is 39.4 Å². The van der Waals surface area contributed by atoms with Crippen LogP contribution in [0.5, 0.6) is 0 Å². The van der Waals surface area contributed by atoms with Gasteiger partial charge in [0.15, 0.2) is 0 Å². The molecule has 26 heavy (non-hydrogen) atoms. The zero-order valence-electron chi connectivity index (χ0n) is 14.5. The molecule has 1 atom stereocenters. The molecule has 0 saturated heterocycles. The van der Waals surface area contributed by atoms with Crippen molar-refractivity contribution < 1.29 is 47.9 Å². The molecule has 0 spiro atoms. The van der Waals surface area contributed by atoms with Gasteiger partial charge in [-0.1, -0.05) is 32.0 Å². The molecule has 0 unspecified atom stereocenters. The fraction of sp³-hybridized carbons (Fsp3) is 0.235. The van der Waals surface area contributed by atoms with Crippen LogP contribution in [0.25, 0.3) is 11.1 Å². The van der Waals surface area contributed by atoms with Gasteiger partial charge in [-0.15, -0.1) is 0 Å². The molecule has 134 valence electrons. The molecule has 0 saturated carbocycles. The van der Waals surface area contributed by atoms with Gasteiger partial charge in [0.1, 0.15) is 0 Å². The Kier molecular flexibility index (Phi) is 8.99. The molecule has 0 aliphatic rings. The number of hydrogen-bond acceptors (Lipinski definition) is 4. The maximum Gasteiger partial charge on any atom is 1.00 e. The number of carboxylic acids is 1. The van der Waals surface area contributed by atoms with Crippen LogP contribution in [0.15, 0.2) is 56.3 Å². The van der Waals surface area contributed by atoms with E-state index < -0.39 is 28.0 Å². The van der Waals surface area contributed by atoms with Crippen LogP contribution in [0.3, 0.4) is 0 Å². The standard InChI is InChI=1S/C17H17Br2NO4S.Na/c1-10(2)16(17(21)22)20-25(23,24)13-6-3-11(4-7-13)12-5-8-14(18)15(19)9-12;/h3-10,16,20H,1-2H3,(H,21,22);/q;+1/p-1/t16-;/m0./s1. The molecule has 0 bridgehead atoms. The van der Waals surface area contributed by atoms with Gasteiger partial charge in [-0.05, 0) is 73.2 Å². The van der Waals surface area contributed by atoms with E-state index in [4.69, 9.17) is 0 Å². The van der Waals surface area contributed by atoms with Crippen LogP contribution in [0.1, 0.15) is 13.8 Å². The van der Waals surface area contributed by atoms with E-state index in [9.17, 15) is 18.3 Å². The summed E-state index contributed by atoms with van der Waals surface area (Å²) in [4.78, 5) is 11.1. The molecule has 9 heteroatoms. The molecule has 0 radical (unpaired) electrons. The fourth-order valence-electron chi connectivity index (χ4n) is 2.19. The Morgan fingerprint density at radius 1 is 1.00 bits per heavy atom. The van der Waals surface area contributed by atoms with E-state index >= 15 is 0 Å². The summed E-state index contributed by atoms with van der Waals surface area (Å²) in [6, 6.07) is 10.7. The second kappa shape index (κ2) is 9.82. The van der Waals surface area contributed by atoms with Crippen LogP contribution in [-0.4, -0.2) is 20.4 Å². The third kappa shape index (κ3) is 5.89. The molecule has 0 heterocycles. The minimum absolute atomic E-state index is 0. The van der Waals surface area contributed by atoms with E-state index in [0.29, 0.717) is 0 Å². The monoisotopic (exact) mass is 511 g/mol. The van der Waals surface area contributed by atoms with Gasteiger partial charge in [0.05, 0.1) is 16.9 Å². The smallest absolute Gasteiger partial charge is 0.548 e. The van der Waals surface area contributed by atoms with Crippen LogP contribution in [-0.2, 0) is 14.8 Å². The number of aliphatic carboxylic acids is 1. The number of carbonyl (C=O) groups excluding carboxylic acids is 1. The van der Waals surface area contributed by atoms with Crippen molar-refractivity contribution in [2.75, 3.05) is 0 Å². The molecule has 2 aromatic carbocycles. The van der Waals surface area contributed by atoms with Gasteiger partial charge < -0.3 is 9.90 Å². The zero-order chi connectivity index (χ0) is 18.8. The first-order valence-corrected chi connectivity index (χ1v) is 10.5. The number of carbonyl (C=O) groups is 1. The first kappa shape index (κ1) is 23.8. The molecule has 0 fully saturated rings. The van der Waals surface area contributed by atoms with Crippen molar-refractivity contribution in [2.24, 2.45) is 5.92 Å². The Hall–Kier alpha value is -0.220. The molecule has 0 aliphatic carbocycles. The maximum atomic E-state index is 12.4. The molecule has 2 aromatic rings. The number of carboxylic acid groups (broad SMARTS) is 1. The number of sulfonamides is 1. The quantitative estimate of drug-likeness (QED) is 0.549. The Balaban J connectivity index is 0.00000338.